The van der Waals surface area contributed by atoms with Crippen molar-refractivity contribution in [3.63, 3.8) is 0 Å². The van der Waals surface area contributed by atoms with Gasteiger partial charge in [0.25, 0.3) is 11.0 Å². The molecule has 0 unspecified atom stereocenters. The summed E-state index contributed by atoms with van der Waals surface area (Å²) in [6.45, 7) is 0. The first-order valence-electron chi connectivity index (χ1n) is 2.95. The molecule has 0 radical (unpaired) electrons. The largest absolute Gasteiger partial charge is 0.284 e. The number of nitrogens with zero attached hydrogens (tertiary/aromatic N) is 1. The van der Waals surface area contributed by atoms with E-state index in [0.29, 0.717) is 0 Å². The van der Waals surface area contributed by atoms with Crippen LogP contribution < -0.4 is 4.73 Å². The normalized spacial score (nSPS) is 10.4. The zero-order valence-corrected chi connectivity index (χ0v) is 6.01. The molecule has 1 aromatic heterocycles. The average Bonchev–Trinajstić information content (AvgIpc) is 2.34. The van der Waals surface area contributed by atoms with Gasteiger partial charge in [-0.3, -0.25) is 5.21 Å². The van der Waals surface area contributed by atoms with Gasteiger partial charge in [0.15, 0.2) is 0 Å². The first-order valence-corrected chi connectivity index (χ1v) is 3.83. The van der Waals surface area contributed by atoms with Crippen LogP contribution in [0.25, 0.3) is 10.2 Å². The van der Waals surface area contributed by atoms with Crippen LogP contribution in [0.1, 0.15) is 0 Å². The van der Waals surface area contributed by atoms with Gasteiger partial charge >= 0.3 is 0 Å². The third-order valence-corrected chi connectivity index (χ3v) is 2.30. The summed E-state index contributed by atoms with van der Waals surface area (Å²) in [6, 6.07) is 7.72. The van der Waals surface area contributed by atoms with E-state index in [2.05, 4.69) is 0 Å². The van der Waals surface area contributed by atoms with E-state index < -0.39 is 0 Å². The quantitative estimate of drug-likeness (QED) is 0.448. The standard InChI is InChI=1S/C7H6NOS/c9-8-5-10-7-4-2-1-3-6(7)8/h1-5,9H/q+1. The van der Waals surface area contributed by atoms with Crippen LogP contribution in [0.5, 0.6) is 0 Å². The Morgan fingerprint density at radius 1 is 1.30 bits per heavy atom. The molecule has 1 N–H and O–H groups in total. The lowest BCUT2D eigenvalue weighted by atomic mass is 10.3. The van der Waals surface area contributed by atoms with Gasteiger partial charge in [-0.25, -0.2) is 0 Å². The Balaban J connectivity index is 2.93. The molecule has 0 amide bonds. The summed E-state index contributed by atoms with van der Waals surface area (Å²) in [6.07, 6.45) is 0. The Kier molecular flexibility index (Phi) is 1.11. The third kappa shape index (κ3) is 0.675. The highest BCUT2D eigenvalue weighted by molar-refractivity contribution is 7.16. The second kappa shape index (κ2) is 1.95. The van der Waals surface area contributed by atoms with E-state index in [1.807, 2.05) is 24.3 Å². The zero-order valence-electron chi connectivity index (χ0n) is 5.19. The van der Waals surface area contributed by atoms with E-state index in [9.17, 15) is 0 Å². The number of fused-ring (bicyclic) bond motifs is 1. The monoisotopic (exact) mass is 152 g/mol. The van der Waals surface area contributed by atoms with E-state index >= 15 is 0 Å². The lowest BCUT2D eigenvalue weighted by Gasteiger charge is -1.78. The van der Waals surface area contributed by atoms with Crippen LogP contribution in [0, 0.1) is 0 Å². The molecule has 0 bridgehead atoms. The molecule has 0 saturated heterocycles. The first-order chi connectivity index (χ1) is 4.88. The molecule has 1 aromatic carbocycles. The fourth-order valence-electron chi connectivity index (χ4n) is 0.910. The molecule has 0 aliphatic heterocycles. The Labute approximate surface area is 61.9 Å². The van der Waals surface area contributed by atoms with Crippen LogP contribution in [0.3, 0.4) is 0 Å². The Hall–Kier alpha value is -1.09. The predicted octanol–water partition coefficient (Wildman–Crippen LogP) is 1.43. The molecule has 2 aromatic rings. The molecule has 50 valence electrons. The molecule has 10 heavy (non-hydrogen) atoms. The predicted molar refractivity (Wildman–Crippen MR) is 39.2 cm³/mol. The Bertz CT molecular complexity index is 355. The van der Waals surface area contributed by atoms with Gasteiger partial charge in [-0.2, -0.15) is 0 Å². The summed E-state index contributed by atoms with van der Waals surface area (Å²) in [5.74, 6) is 0. The number of aromatic nitrogens is 1. The van der Waals surface area contributed by atoms with Gasteiger partial charge in [0.2, 0.25) is 0 Å². The molecule has 0 aliphatic carbocycles. The van der Waals surface area contributed by atoms with Crippen molar-refractivity contribution in [1.29, 1.82) is 0 Å². The van der Waals surface area contributed by atoms with Crippen molar-refractivity contribution in [3.05, 3.63) is 29.8 Å². The highest BCUT2D eigenvalue weighted by Gasteiger charge is 2.07. The SMILES string of the molecule is O[n+]1csc2ccccc21. The van der Waals surface area contributed by atoms with E-state index in [-0.39, 0.29) is 0 Å². The number of para-hydroxylation sites is 1. The fraction of sp³-hybridized carbons (Fsp3) is 0. The summed E-state index contributed by atoms with van der Waals surface area (Å²) in [4.78, 5) is 0. The number of hydrogen-bond acceptors (Lipinski definition) is 2. The van der Waals surface area contributed by atoms with E-state index in [1.165, 1.54) is 11.3 Å². The van der Waals surface area contributed by atoms with Gasteiger partial charge < -0.3 is 0 Å². The summed E-state index contributed by atoms with van der Waals surface area (Å²) in [5, 5.41) is 9.14. The maximum Gasteiger partial charge on any atom is 0.278 e. The first kappa shape index (κ1) is 5.68. The van der Waals surface area contributed by atoms with Crippen molar-refractivity contribution < 1.29 is 9.94 Å². The molecule has 2 rings (SSSR count). The number of rotatable bonds is 0. The minimum Gasteiger partial charge on any atom is -0.284 e. The van der Waals surface area contributed by atoms with Crippen LogP contribution in [0.2, 0.25) is 0 Å². The van der Waals surface area contributed by atoms with E-state index in [4.69, 9.17) is 5.21 Å². The van der Waals surface area contributed by atoms with Crippen molar-refractivity contribution in [2.75, 3.05) is 0 Å². The minimum atomic E-state index is 0.868. The molecule has 0 saturated carbocycles. The lowest BCUT2D eigenvalue weighted by molar-refractivity contribution is -0.881. The molecule has 0 atom stereocenters. The molecule has 0 aliphatic rings. The third-order valence-electron chi connectivity index (χ3n) is 1.39. The number of thiazole rings is 1. The smallest absolute Gasteiger partial charge is 0.278 e. The molecule has 3 heteroatoms. The topological polar surface area (TPSA) is 24.1 Å². The summed E-state index contributed by atoms with van der Waals surface area (Å²) >= 11 is 1.53. The lowest BCUT2D eigenvalue weighted by Crippen LogP contribution is -2.26. The van der Waals surface area contributed by atoms with Crippen LogP contribution in [0.4, 0.5) is 0 Å². The Morgan fingerprint density at radius 2 is 2.10 bits per heavy atom. The zero-order chi connectivity index (χ0) is 6.97. The minimum absolute atomic E-state index is 0.868. The molecule has 1 heterocycles. The van der Waals surface area contributed by atoms with E-state index in [1.54, 1.807) is 5.51 Å². The van der Waals surface area contributed by atoms with Crippen molar-refractivity contribution in [2.45, 2.75) is 0 Å². The van der Waals surface area contributed by atoms with Crippen molar-refractivity contribution >= 4 is 21.6 Å². The highest BCUT2D eigenvalue weighted by atomic mass is 32.1. The second-order valence-corrected chi connectivity index (χ2v) is 2.92. The number of hydrogen-bond donors (Lipinski definition) is 1. The second-order valence-electron chi connectivity index (χ2n) is 2.04. The fourth-order valence-corrected chi connectivity index (χ4v) is 1.68. The van der Waals surface area contributed by atoms with Crippen molar-refractivity contribution in [1.82, 2.24) is 0 Å². The van der Waals surface area contributed by atoms with Crippen LogP contribution >= 0.6 is 11.3 Å². The summed E-state index contributed by atoms with van der Waals surface area (Å²) in [5.41, 5.74) is 2.54. The average molecular weight is 152 g/mol. The maximum atomic E-state index is 9.14. The highest BCUT2D eigenvalue weighted by Crippen LogP contribution is 2.13. The van der Waals surface area contributed by atoms with Crippen LogP contribution in [-0.4, -0.2) is 5.21 Å². The molecular formula is C7H6NOS+. The van der Waals surface area contributed by atoms with Gasteiger partial charge in [0, 0.05) is 10.8 Å². The van der Waals surface area contributed by atoms with E-state index in [0.717, 1.165) is 14.9 Å². The van der Waals surface area contributed by atoms with Gasteiger partial charge in [0.1, 0.15) is 4.70 Å². The van der Waals surface area contributed by atoms with Crippen molar-refractivity contribution in [2.24, 2.45) is 0 Å². The molecule has 2 nitrogen and oxygen atoms in total. The van der Waals surface area contributed by atoms with Gasteiger partial charge in [-0.05, 0) is 6.07 Å². The van der Waals surface area contributed by atoms with Gasteiger partial charge in [-0.1, -0.05) is 23.5 Å². The molecule has 0 spiro atoms. The molecular weight excluding hydrogens is 146 g/mol. The molecule has 0 fully saturated rings. The summed E-state index contributed by atoms with van der Waals surface area (Å²) < 4.78 is 2.24. The summed E-state index contributed by atoms with van der Waals surface area (Å²) in [7, 11) is 0. The maximum absolute atomic E-state index is 9.14. The van der Waals surface area contributed by atoms with Gasteiger partial charge in [0.05, 0.1) is 0 Å². The Morgan fingerprint density at radius 3 is 2.90 bits per heavy atom. The van der Waals surface area contributed by atoms with Crippen molar-refractivity contribution in [3.8, 4) is 0 Å². The van der Waals surface area contributed by atoms with Crippen LogP contribution in [0.15, 0.2) is 29.8 Å². The number of benzene rings is 1. The van der Waals surface area contributed by atoms with Crippen LogP contribution in [-0.2, 0) is 0 Å². The van der Waals surface area contributed by atoms with Gasteiger partial charge in [-0.15, -0.1) is 0 Å².